The van der Waals surface area contributed by atoms with Crippen molar-refractivity contribution in [2.24, 2.45) is 5.92 Å². The number of nitrogens with zero attached hydrogens (tertiary/aromatic N) is 2. The van der Waals surface area contributed by atoms with Gasteiger partial charge in [0.15, 0.2) is 0 Å². The first kappa shape index (κ1) is 11.5. The van der Waals surface area contributed by atoms with Gasteiger partial charge in [-0.15, -0.1) is 0 Å². The molecule has 1 heterocycles. The molecule has 0 spiro atoms. The van der Waals surface area contributed by atoms with Gasteiger partial charge in [-0.05, 0) is 33.2 Å². The van der Waals surface area contributed by atoms with E-state index in [1.54, 1.807) is 7.11 Å². The van der Waals surface area contributed by atoms with Crippen LogP contribution in [0.2, 0.25) is 0 Å². The van der Waals surface area contributed by atoms with Gasteiger partial charge in [0, 0.05) is 19.2 Å². The third-order valence-electron chi connectivity index (χ3n) is 3.31. The third kappa shape index (κ3) is 2.26. The fourth-order valence-corrected chi connectivity index (χ4v) is 2.17. The Balaban J connectivity index is 2.61. The maximum absolute atomic E-state index is 9.06. The summed E-state index contributed by atoms with van der Waals surface area (Å²) in [7, 11) is 1.72. The minimum Gasteiger partial charge on any atom is -0.383 e. The van der Waals surface area contributed by atoms with Crippen molar-refractivity contribution in [3.8, 4) is 6.07 Å². The molecule has 0 radical (unpaired) electrons. The lowest BCUT2D eigenvalue weighted by Gasteiger charge is -2.45. The molecule has 0 saturated carbocycles. The quantitative estimate of drug-likeness (QED) is 0.688. The van der Waals surface area contributed by atoms with Crippen molar-refractivity contribution in [1.82, 2.24) is 4.90 Å². The average molecular weight is 196 g/mol. The summed E-state index contributed by atoms with van der Waals surface area (Å²) in [6, 6.07) is 2.42. The smallest absolute Gasteiger partial charge is 0.0675 e. The lowest BCUT2D eigenvalue weighted by Crippen LogP contribution is -2.53. The highest BCUT2D eigenvalue weighted by molar-refractivity contribution is 5.02. The van der Waals surface area contributed by atoms with Crippen molar-refractivity contribution in [3.63, 3.8) is 0 Å². The third-order valence-corrected chi connectivity index (χ3v) is 3.31. The molecule has 1 aliphatic heterocycles. The summed E-state index contributed by atoms with van der Waals surface area (Å²) in [6.45, 7) is 7.10. The van der Waals surface area contributed by atoms with Crippen LogP contribution in [0.1, 0.15) is 26.7 Å². The number of hydrogen-bond donors (Lipinski definition) is 0. The normalized spacial score (nSPS) is 27.1. The molecule has 3 heteroatoms. The van der Waals surface area contributed by atoms with Crippen LogP contribution >= 0.6 is 0 Å². The molecule has 0 N–H and O–H groups in total. The zero-order valence-electron chi connectivity index (χ0n) is 9.42. The number of ether oxygens (including phenoxy) is 1. The van der Waals surface area contributed by atoms with Gasteiger partial charge in [-0.25, -0.2) is 0 Å². The van der Waals surface area contributed by atoms with Crippen LogP contribution in [0.4, 0.5) is 0 Å². The SMILES string of the molecule is COCCN1CCCC(C#N)C1(C)C. The summed E-state index contributed by atoms with van der Waals surface area (Å²) in [5.41, 5.74) is 0.00549. The van der Waals surface area contributed by atoms with E-state index in [-0.39, 0.29) is 11.5 Å². The van der Waals surface area contributed by atoms with Crippen LogP contribution in [0.3, 0.4) is 0 Å². The Morgan fingerprint density at radius 1 is 1.57 bits per heavy atom. The number of piperidine rings is 1. The number of hydrogen-bond acceptors (Lipinski definition) is 3. The zero-order valence-corrected chi connectivity index (χ0v) is 9.42. The predicted octanol–water partition coefficient (Wildman–Crippen LogP) is 1.65. The Morgan fingerprint density at radius 2 is 2.29 bits per heavy atom. The van der Waals surface area contributed by atoms with E-state index in [9.17, 15) is 0 Å². The van der Waals surface area contributed by atoms with E-state index in [0.29, 0.717) is 0 Å². The highest BCUT2D eigenvalue weighted by Gasteiger charge is 2.38. The van der Waals surface area contributed by atoms with Gasteiger partial charge in [-0.3, -0.25) is 4.90 Å². The molecular formula is C11H20N2O. The lowest BCUT2D eigenvalue weighted by molar-refractivity contribution is 0.0236. The summed E-state index contributed by atoms with van der Waals surface area (Å²) in [5.74, 6) is 0.160. The summed E-state index contributed by atoms with van der Waals surface area (Å²) in [6.07, 6.45) is 2.17. The van der Waals surface area contributed by atoms with E-state index in [2.05, 4.69) is 24.8 Å². The Bertz CT molecular complexity index is 220. The second-order valence-corrected chi connectivity index (χ2v) is 4.46. The van der Waals surface area contributed by atoms with Gasteiger partial charge in [0.05, 0.1) is 18.6 Å². The van der Waals surface area contributed by atoms with Gasteiger partial charge in [0.25, 0.3) is 0 Å². The molecule has 14 heavy (non-hydrogen) atoms. The van der Waals surface area contributed by atoms with Crippen LogP contribution in [0, 0.1) is 17.2 Å². The van der Waals surface area contributed by atoms with Crippen LogP contribution in [0.25, 0.3) is 0 Å². The number of likely N-dealkylation sites (tertiary alicyclic amines) is 1. The second kappa shape index (κ2) is 4.77. The highest BCUT2D eigenvalue weighted by Crippen LogP contribution is 2.32. The molecule has 1 atom stereocenters. The van der Waals surface area contributed by atoms with Gasteiger partial charge in [-0.1, -0.05) is 0 Å². The van der Waals surface area contributed by atoms with Crippen LogP contribution < -0.4 is 0 Å². The van der Waals surface area contributed by atoms with Crippen molar-refractivity contribution in [3.05, 3.63) is 0 Å². The minimum atomic E-state index is 0.00549. The van der Waals surface area contributed by atoms with Crippen molar-refractivity contribution in [1.29, 1.82) is 5.26 Å². The zero-order chi connectivity index (χ0) is 10.6. The van der Waals surface area contributed by atoms with E-state index in [1.807, 2.05) is 0 Å². The molecule has 0 aliphatic carbocycles. The maximum Gasteiger partial charge on any atom is 0.0675 e. The van der Waals surface area contributed by atoms with Crippen molar-refractivity contribution in [2.45, 2.75) is 32.2 Å². The predicted molar refractivity (Wildman–Crippen MR) is 55.9 cm³/mol. The summed E-state index contributed by atoms with van der Waals surface area (Å²) in [4.78, 5) is 2.37. The van der Waals surface area contributed by atoms with E-state index in [1.165, 1.54) is 0 Å². The number of rotatable bonds is 3. The first-order valence-electron chi connectivity index (χ1n) is 5.26. The van der Waals surface area contributed by atoms with E-state index >= 15 is 0 Å². The second-order valence-electron chi connectivity index (χ2n) is 4.46. The topological polar surface area (TPSA) is 36.3 Å². The molecule has 0 aromatic heterocycles. The van der Waals surface area contributed by atoms with Crippen molar-refractivity contribution < 1.29 is 4.74 Å². The lowest BCUT2D eigenvalue weighted by atomic mass is 9.80. The number of nitriles is 1. The molecule has 80 valence electrons. The summed E-state index contributed by atoms with van der Waals surface area (Å²) in [5, 5.41) is 9.06. The van der Waals surface area contributed by atoms with Gasteiger partial charge < -0.3 is 4.74 Å². The van der Waals surface area contributed by atoms with Crippen LogP contribution in [0.5, 0.6) is 0 Å². The van der Waals surface area contributed by atoms with Crippen molar-refractivity contribution >= 4 is 0 Å². The van der Waals surface area contributed by atoms with Crippen LogP contribution in [0.15, 0.2) is 0 Å². The molecule has 0 aromatic rings. The highest BCUT2D eigenvalue weighted by atomic mass is 16.5. The first-order chi connectivity index (χ1) is 6.62. The molecule has 1 saturated heterocycles. The monoisotopic (exact) mass is 196 g/mol. The molecular weight excluding hydrogens is 176 g/mol. The molecule has 0 aromatic carbocycles. The van der Waals surface area contributed by atoms with Crippen molar-refractivity contribution in [2.75, 3.05) is 26.8 Å². The van der Waals surface area contributed by atoms with Crippen LogP contribution in [-0.2, 0) is 4.74 Å². The Labute approximate surface area is 86.6 Å². The van der Waals surface area contributed by atoms with E-state index < -0.39 is 0 Å². The fourth-order valence-electron chi connectivity index (χ4n) is 2.17. The van der Waals surface area contributed by atoms with E-state index in [0.717, 1.165) is 32.5 Å². The summed E-state index contributed by atoms with van der Waals surface area (Å²) < 4.78 is 5.08. The number of methoxy groups -OCH3 is 1. The Kier molecular flexibility index (Phi) is 3.91. The molecule has 0 amide bonds. The van der Waals surface area contributed by atoms with Gasteiger partial charge in [0.1, 0.15) is 0 Å². The fraction of sp³-hybridized carbons (Fsp3) is 0.909. The molecule has 1 aliphatic rings. The Morgan fingerprint density at radius 3 is 2.86 bits per heavy atom. The van der Waals surface area contributed by atoms with Gasteiger partial charge >= 0.3 is 0 Å². The molecule has 0 bridgehead atoms. The largest absolute Gasteiger partial charge is 0.383 e. The van der Waals surface area contributed by atoms with E-state index in [4.69, 9.17) is 10.00 Å². The minimum absolute atomic E-state index is 0.00549. The molecule has 1 fully saturated rings. The first-order valence-corrected chi connectivity index (χ1v) is 5.26. The average Bonchev–Trinajstić information content (AvgIpc) is 2.15. The Hall–Kier alpha value is -0.590. The molecule has 1 unspecified atom stereocenters. The van der Waals surface area contributed by atoms with Gasteiger partial charge in [-0.2, -0.15) is 5.26 Å². The van der Waals surface area contributed by atoms with Crippen LogP contribution in [-0.4, -0.2) is 37.2 Å². The maximum atomic E-state index is 9.06. The molecule has 3 nitrogen and oxygen atoms in total. The summed E-state index contributed by atoms with van der Waals surface area (Å²) >= 11 is 0. The van der Waals surface area contributed by atoms with Gasteiger partial charge in [0.2, 0.25) is 0 Å². The standard InChI is InChI=1S/C11H20N2O/c1-11(2)10(9-12)5-4-6-13(11)7-8-14-3/h10H,4-8H2,1-3H3. The molecule has 1 rings (SSSR count).